The van der Waals surface area contributed by atoms with E-state index in [9.17, 15) is 0 Å². The molecular formula is C8H11N5. The molecule has 0 aliphatic rings. The number of aromatic nitrogens is 4. The molecule has 0 atom stereocenters. The van der Waals surface area contributed by atoms with E-state index >= 15 is 0 Å². The van der Waals surface area contributed by atoms with Gasteiger partial charge in [-0.3, -0.25) is 4.68 Å². The molecule has 5 nitrogen and oxygen atoms in total. The molecule has 2 heterocycles. The van der Waals surface area contributed by atoms with Crippen molar-refractivity contribution in [3.8, 4) is 0 Å². The van der Waals surface area contributed by atoms with Crippen molar-refractivity contribution in [2.24, 2.45) is 0 Å². The van der Waals surface area contributed by atoms with Crippen LogP contribution in [0.2, 0.25) is 0 Å². The monoisotopic (exact) mass is 177 g/mol. The summed E-state index contributed by atoms with van der Waals surface area (Å²) in [7, 11) is 0. The molecule has 0 spiro atoms. The van der Waals surface area contributed by atoms with Gasteiger partial charge in [-0.2, -0.15) is 10.2 Å². The highest BCUT2D eigenvalue weighted by molar-refractivity contribution is 5.23. The Morgan fingerprint density at radius 1 is 1.46 bits per heavy atom. The first-order chi connectivity index (χ1) is 6.24. The van der Waals surface area contributed by atoms with E-state index in [-0.39, 0.29) is 0 Å². The fourth-order valence-corrected chi connectivity index (χ4v) is 1.15. The lowest BCUT2D eigenvalue weighted by Gasteiger charge is -2.00. The molecule has 0 amide bonds. The first-order valence-corrected chi connectivity index (χ1v) is 4.02. The number of rotatable bonds is 2. The average Bonchev–Trinajstić information content (AvgIpc) is 2.62. The Labute approximate surface area is 75.8 Å². The lowest BCUT2D eigenvalue weighted by atomic mass is 10.4. The van der Waals surface area contributed by atoms with Crippen molar-refractivity contribution in [2.75, 3.05) is 5.73 Å². The van der Waals surface area contributed by atoms with Crippen LogP contribution in [0.25, 0.3) is 0 Å². The van der Waals surface area contributed by atoms with Crippen molar-refractivity contribution in [1.29, 1.82) is 0 Å². The van der Waals surface area contributed by atoms with Crippen LogP contribution in [-0.4, -0.2) is 19.6 Å². The van der Waals surface area contributed by atoms with Crippen molar-refractivity contribution >= 4 is 5.82 Å². The van der Waals surface area contributed by atoms with Gasteiger partial charge in [-0.05, 0) is 12.5 Å². The van der Waals surface area contributed by atoms with Crippen LogP contribution in [0.4, 0.5) is 5.82 Å². The molecule has 13 heavy (non-hydrogen) atoms. The molecule has 0 saturated heterocycles. The molecule has 0 fully saturated rings. The zero-order chi connectivity index (χ0) is 9.26. The van der Waals surface area contributed by atoms with Crippen LogP contribution in [0, 0.1) is 6.92 Å². The molecular weight excluding hydrogens is 166 g/mol. The van der Waals surface area contributed by atoms with E-state index in [0.717, 1.165) is 5.56 Å². The van der Waals surface area contributed by atoms with Gasteiger partial charge in [0.15, 0.2) is 0 Å². The minimum absolute atomic E-state index is 0.531. The molecule has 5 heteroatoms. The van der Waals surface area contributed by atoms with Gasteiger partial charge < -0.3 is 5.73 Å². The molecule has 0 radical (unpaired) electrons. The Morgan fingerprint density at radius 2 is 2.31 bits per heavy atom. The highest BCUT2D eigenvalue weighted by atomic mass is 15.4. The summed E-state index contributed by atoms with van der Waals surface area (Å²) in [6.45, 7) is 2.60. The zero-order valence-corrected chi connectivity index (χ0v) is 7.38. The van der Waals surface area contributed by atoms with Gasteiger partial charge in [0.25, 0.3) is 0 Å². The molecule has 0 aromatic carbocycles. The van der Waals surface area contributed by atoms with Crippen LogP contribution in [0.5, 0.6) is 0 Å². The number of nitrogens with two attached hydrogens (primary N) is 1. The number of aryl methyl sites for hydroxylation is 1. The van der Waals surface area contributed by atoms with Crippen LogP contribution in [-0.2, 0) is 6.67 Å². The number of anilines is 1. The number of hydrogen-bond donors (Lipinski definition) is 1. The largest absolute Gasteiger partial charge is 0.382 e. The Bertz CT molecular complexity index is 362. The summed E-state index contributed by atoms with van der Waals surface area (Å²) in [5, 5.41) is 8.18. The van der Waals surface area contributed by atoms with E-state index in [1.54, 1.807) is 10.7 Å². The Morgan fingerprint density at radius 3 is 2.85 bits per heavy atom. The standard InChI is InChI=1S/C8H11N5/c1-7-4-10-13(5-7)6-12-3-2-8(9)11-12/h2-5H,6H2,1H3,(H2,9,11). The second-order valence-electron chi connectivity index (χ2n) is 2.98. The number of hydrogen-bond acceptors (Lipinski definition) is 3. The topological polar surface area (TPSA) is 61.7 Å². The summed E-state index contributed by atoms with van der Waals surface area (Å²) in [5.41, 5.74) is 6.61. The molecule has 2 aromatic heterocycles. The van der Waals surface area contributed by atoms with Gasteiger partial charge in [-0.1, -0.05) is 0 Å². The summed E-state index contributed by atoms with van der Waals surface area (Å²) in [5.74, 6) is 0.531. The van der Waals surface area contributed by atoms with E-state index < -0.39 is 0 Å². The molecule has 2 rings (SSSR count). The van der Waals surface area contributed by atoms with Crippen LogP contribution in [0.1, 0.15) is 5.56 Å². The summed E-state index contributed by atoms with van der Waals surface area (Å²) >= 11 is 0. The lowest BCUT2D eigenvalue weighted by molar-refractivity contribution is 0.504. The molecule has 0 unspecified atom stereocenters. The van der Waals surface area contributed by atoms with Crippen LogP contribution in [0.3, 0.4) is 0 Å². The van der Waals surface area contributed by atoms with Crippen molar-refractivity contribution < 1.29 is 0 Å². The van der Waals surface area contributed by atoms with Gasteiger partial charge in [0.05, 0.1) is 6.20 Å². The first kappa shape index (κ1) is 7.85. The molecule has 0 bridgehead atoms. The highest BCUT2D eigenvalue weighted by Gasteiger charge is 1.96. The minimum Gasteiger partial charge on any atom is -0.382 e. The normalized spacial score (nSPS) is 10.5. The van der Waals surface area contributed by atoms with E-state index in [2.05, 4.69) is 10.2 Å². The van der Waals surface area contributed by atoms with E-state index in [1.807, 2.05) is 30.2 Å². The smallest absolute Gasteiger partial charge is 0.145 e. The van der Waals surface area contributed by atoms with Crippen molar-refractivity contribution in [2.45, 2.75) is 13.6 Å². The number of nitrogens with zero attached hydrogens (tertiary/aromatic N) is 4. The van der Waals surface area contributed by atoms with Crippen molar-refractivity contribution in [1.82, 2.24) is 19.6 Å². The van der Waals surface area contributed by atoms with Gasteiger partial charge in [-0.15, -0.1) is 0 Å². The van der Waals surface area contributed by atoms with Crippen LogP contribution < -0.4 is 5.73 Å². The van der Waals surface area contributed by atoms with Crippen LogP contribution >= 0.6 is 0 Å². The quantitative estimate of drug-likeness (QED) is 0.725. The molecule has 0 aliphatic heterocycles. The summed E-state index contributed by atoms with van der Waals surface area (Å²) in [6.07, 6.45) is 5.59. The third-order valence-electron chi connectivity index (χ3n) is 1.71. The van der Waals surface area contributed by atoms with Crippen LogP contribution in [0.15, 0.2) is 24.7 Å². The maximum absolute atomic E-state index is 5.48. The minimum atomic E-state index is 0.531. The predicted octanol–water partition coefficient (Wildman–Crippen LogP) is 0.476. The van der Waals surface area contributed by atoms with Crippen molar-refractivity contribution in [3.05, 3.63) is 30.2 Å². The fraction of sp³-hybridized carbons (Fsp3) is 0.250. The summed E-state index contributed by atoms with van der Waals surface area (Å²) in [4.78, 5) is 0. The Kier molecular flexibility index (Phi) is 1.77. The third-order valence-corrected chi connectivity index (χ3v) is 1.71. The summed E-state index contributed by atoms with van der Waals surface area (Å²) < 4.78 is 3.55. The molecule has 0 aliphatic carbocycles. The second-order valence-corrected chi connectivity index (χ2v) is 2.98. The van der Waals surface area contributed by atoms with E-state index in [0.29, 0.717) is 12.5 Å². The highest BCUT2D eigenvalue weighted by Crippen LogP contribution is 1.98. The van der Waals surface area contributed by atoms with E-state index in [1.165, 1.54) is 0 Å². The third kappa shape index (κ3) is 1.69. The summed E-state index contributed by atoms with van der Waals surface area (Å²) in [6, 6.07) is 1.76. The van der Waals surface area contributed by atoms with Gasteiger partial charge in [0, 0.05) is 18.5 Å². The maximum Gasteiger partial charge on any atom is 0.145 e. The van der Waals surface area contributed by atoms with Gasteiger partial charge in [0.2, 0.25) is 0 Å². The average molecular weight is 177 g/mol. The second kappa shape index (κ2) is 2.93. The molecule has 2 N–H and O–H groups in total. The first-order valence-electron chi connectivity index (χ1n) is 4.02. The lowest BCUT2D eigenvalue weighted by Crippen LogP contribution is -2.09. The molecule has 2 aromatic rings. The van der Waals surface area contributed by atoms with Gasteiger partial charge >= 0.3 is 0 Å². The Balaban J connectivity index is 2.14. The predicted molar refractivity (Wildman–Crippen MR) is 49.0 cm³/mol. The molecule has 68 valence electrons. The van der Waals surface area contributed by atoms with E-state index in [4.69, 9.17) is 5.73 Å². The van der Waals surface area contributed by atoms with Gasteiger partial charge in [-0.25, -0.2) is 4.68 Å². The fourth-order valence-electron chi connectivity index (χ4n) is 1.15. The zero-order valence-electron chi connectivity index (χ0n) is 7.38. The Hall–Kier alpha value is -1.78. The molecule has 0 saturated carbocycles. The number of nitrogen functional groups attached to an aromatic ring is 1. The SMILES string of the molecule is Cc1cnn(Cn2ccc(N)n2)c1. The van der Waals surface area contributed by atoms with Gasteiger partial charge in [0.1, 0.15) is 12.5 Å². The van der Waals surface area contributed by atoms with Crippen molar-refractivity contribution in [3.63, 3.8) is 0 Å². The maximum atomic E-state index is 5.48.